The molecule has 1 unspecified atom stereocenters. The molecule has 1 nitrogen and oxygen atoms in total. The van der Waals surface area contributed by atoms with Crippen LogP contribution in [0.2, 0.25) is 5.02 Å². The van der Waals surface area contributed by atoms with Gasteiger partial charge in [-0.25, -0.2) is 0 Å². The monoisotopic (exact) mass is 293 g/mol. The van der Waals surface area contributed by atoms with E-state index >= 15 is 0 Å². The highest BCUT2D eigenvalue weighted by atomic mass is 127. The third-order valence-electron chi connectivity index (χ3n) is 2.28. The molecule has 12 heavy (non-hydrogen) atoms. The summed E-state index contributed by atoms with van der Waals surface area (Å²) < 4.78 is 1.20. The molecule has 0 amide bonds. The summed E-state index contributed by atoms with van der Waals surface area (Å²) in [6.07, 6.45) is 2.11. The SMILES string of the molecule is NC1CCc2cc(I)cc(Cl)c21. The van der Waals surface area contributed by atoms with Crippen molar-refractivity contribution in [3.63, 3.8) is 0 Å². The Bertz CT molecular complexity index is 325. The molecule has 0 saturated carbocycles. The van der Waals surface area contributed by atoms with Crippen molar-refractivity contribution in [2.45, 2.75) is 18.9 Å². The number of benzene rings is 1. The zero-order chi connectivity index (χ0) is 8.72. The lowest BCUT2D eigenvalue weighted by molar-refractivity contribution is 0.713. The van der Waals surface area contributed by atoms with Crippen LogP contribution in [0.25, 0.3) is 0 Å². The average molecular weight is 294 g/mol. The third-order valence-corrected chi connectivity index (χ3v) is 3.21. The van der Waals surface area contributed by atoms with Gasteiger partial charge in [0.2, 0.25) is 0 Å². The second kappa shape index (κ2) is 3.16. The summed E-state index contributed by atoms with van der Waals surface area (Å²) in [6, 6.07) is 4.31. The zero-order valence-electron chi connectivity index (χ0n) is 6.48. The summed E-state index contributed by atoms with van der Waals surface area (Å²) in [6.45, 7) is 0. The van der Waals surface area contributed by atoms with Gasteiger partial charge in [0, 0.05) is 14.6 Å². The molecule has 0 spiro atoms. The summed E-state index contributed by atoms with van der Waals surface area (Å²) in [5.41, 5.74) is 8.41. The fourth-order valence-electron chi connectivity index (χ4n) is 1.72. The number of rotatable bonds is 0. The molecule has 1 aliphatic rings. The Morgan fingerprint density at radius 3 is 3.00 bits per heavy atom. The summed E-state index contributed by atoms with van der Waals surface area (Å²) in [7, 11) is 0. The van der Waals surface area contributed by atoms with Gasteiger partial charge >= 0.3 is 0 Å². The van der Waals surface area contributed by atoms with Gasteiger partial charge in [-0.2, -0.15) is 0 Å². The minimum absolute atomic E-state index is 0.157. The van der Waals surface area contributed by atoms with Gasteiger partial charge in [0.05, 0.1) is 0 Å². The largest absolute Gasteiger partial charge is 0.324 e. The Balaban J connectivity index is 2.60. The van der Waals surface area contributed by atoms with E-state index in [1.807, 2.05) is 6.07 Å². The second-order valence-corrected chi connectivity index (χ2v) is 4.76. The molecular formula is C9H9ClIN. The van der Waals surface area contributed by atoms with Gasteiger partial charge in [0.1, 0.15) is 0 Å². The van der Waals surface area contributed by atoms with E-state index in [0.717, 1.165) is 23.4 Å². The van der Waals surface area contributed by atoms with E-state index in [4.69, 9.17) is 17.3 Å². The number of fused-ring (bicyclic) bond motifs is 1. The Labute approximate surface area is 90.4 Å². The Kier molecular flexibility index (Phi) is 2.31. The van der Waals surface area contributed by atoms with Gasteiger partial charge in [-0.1, -0.05) is 11.6 Å². The normalized spacial score (nSPS) is 21.1. The van der Waals surface area contributed by atoms with E-state index in [2.05, 4.69) is 28.7 Å². The highest BCUT2D eigenvalue weighted by Crippen LogP contribution is 2.35. The van der Waals surface area contributed by atoms with Crippen molar-refractivity contribution in [2.75, 3.05) is 0 Å². The molecular weight excluding hydrogens is 284 g/mol. The summed E-state index contributed by atoms with van der Waals surface area (Å²) >= 11 is 8.37. The first-order valence-electron chi connectivity index (χ1n) is 3.92. The molecule has 0 aliphatic heterocycles. The van der Waals surface area contributed by atoms with Crippen molar-refractivity contribution in [3.8, 4) is 0 Å². The summed E-state index contributed by atoms with van der Waals surface area (Å²) in [5, 5.41) is 0.835. The van der Waals surface area contributed by atoms with Gasteiger partial charge in [0.25, 0.3) is 0 Å². The minimum Gasteiger partial charge on any atom is -0.324 e. The van der Waals surface area contributed by atoms with Crippen LogP contribution in [-0.4, -0.2) is 0 Å². The molecule has 3 heteroatoms. The fourth-order valence-corrected chi connectivity index (χ4v) is 2.97. The van der Waals surface area contributed by atoms with E-state index in [1.165, 1.54) is 9.13 Å². The van der Waals surface area contributed by atoms with Crippen LogP contribution in [0.4, 0.5) is 0 Å². The molecule has 0 radical (unpaired) electrons. The lowest BCUT2D eigenvalue weighted by atomic mass is 10.1. The Morgan fingerprint density at radius 2 is 2.25 bits per heavy atom. The van der Waals surface area contributed by atoms with Gasteiger partial charge in [-0.05, 0) is 58.7 Å². The quantitative estimate of drug-likeness (QED) is 0.731. The van der Waals surface area contributed by atoms with E-state index in [-0.39, 0.29) is 6.04 Å². The van der Waals surface area contributed by atoms with Crippen molar-refractivity contribution in [1.82, 2.24) is 0 Å². The summed E-state index contributed by atoms with van der Waals surface area (Å²) in [5.74, 6) is 0. The van der Waals surface area contributed by atoms with Crippen LogP contribution in [0.3, 0.4) is 0 Å². The third kappa shape index (κ3) is 1.36. The maximum atomic E-state index is 6.08. The molecule has 2 N–H and O–H groups in total. The van der Waals surface area contributed by atoms with Crippen molar-refractivity contribution in [2.24, 2.45) is 5.73 Å². The first-order valence-corrected chi connectivity index (χ1v) is 5.37. The smallest absolute Gasteiger partial charge is 0.0467 e. The fraction of sp³-hybridized carbons (Fsp3) is 0.333. The molecule has 1 atom stereocenters. The first-order chi connectivity index (χ1) is 5.68. The van der Waals surface area contributed by atoms with Crippen LogP contribution in [0, 0.1) is 3.57 Å². The molecule has 1 aromatic carbocycles. The maximum absolute atomic E-state index is 6.08. The van der Waals surface area contributed by atoms with Crippen molar-refractivity contribution < 1.29 is 0 Å². The van der Waals surface area contributed by atoms with Crippen molar-refractivity contribution in [3.05, 3.63) is 31.9 Å². The topological polar surface area (TPSA) is 26.0 Å². The van der Waals surface area contributed by atoms with Crippen LogP contribution in [0.1, 0.15) is 23.6 Å². The molecule has 0 fully saturated rings. The number of aryl methyl sites for hydroxylation is 1. The standard InChI is InChI=1S/C9H9ClIN/c10-7-4-6(11)3-5-1-2-8(12)9(5)7/h3-4,8H,1-2,12H2. The summed E-state index contributed by atoms with van der Waals surface area (Å²) in [4.78, 5) is 0. The number of hydrogen-bond donors (Lipinski definition) is 1. The minimum atomic E-state index is 0.157. The van der Waals surface area contributed by atoms with Crippen LogP contribution in [-0.2, 0) is 6.42 Å². The predicted molar refractivity (Wildman–Crippen MR) is 59.4 cm³/mol. The molecule has 0 heterocycles. The van der Waals surface area contributed by atoms with Crippen molar-refractivity contribution in [1.29, 1.82) is 0 Å². The zero-order valence-corrected chi connectivity index (χ0v) is 9.39. The Hall–Kier alpha value is 0.200. The molecule has 1 aliphatic carbocycles. The molecule has 0 saturated heterocycles. The lowest BCUT2D eigenvalue weighted by Crippen LogP contribution is -2.05. The average Bonchev–Trinajstić information content (AvgIpc) is 2.31. The van der Waals surface area contributed by atoms with Crippen LogP contribution in [0.5, 0.6) is 0 Å². The Morgan fingerprint density at radius 1 is 1.50 bits per heavy atom. The van der Waals surface area contributed by atoms with Gasteiger partial charge in [-0.3, -0.25) is 0 Å². The highest BCUT2D eigenvalue weighted by molar-refractivity contribution is 14.1. The molecule has 64 valence electrons. The van der Waals surface area contributed by atoms with E-state index in [1.54, 1.807) is 0 Å². The molecule has 0 bridgehead atoms. The molecule has 2 rings (SSSR count). The van der Waals surface area contributed by atoms with E-state index in [9.17, 15) is 0 Å². The van der Waals surface area contributed by atoms with Gasteiger partial charge in [0.15, 0.2) is 0 Å². The van der Waals surface area contributed by atoms with Crippen LogP contribution < -0.4 is 5.73 Å². The molecule has 0 aromatic heterocycles. The van der Waals surface area contributed by atoms with Gasteiger partial charge < -0.3 is 5.73 Å². The number of hydrogen-bond acceptors (Lipinski definition) is 1. The van der Waals surface area contributed by atoms with Crippen molar-refractivity contribution >= 4 is 34.2 Å². The van der Waals surface area contributed by atoms with Crippen LogP contribution in [0.15, 0.2) is 12.1 Å². The second-order valence-electron chi connectivity index (χ2n) is 3.11. The predicted octanol–water partition coefficient (Wildman–Crippen LogP) is 2.89. The van der Waals surface area contributed by atoms with Crippen LogP contribution >= 0.6 is 34.2 Å². The first kappa shape index (κ1) is 8.78. The van der Waals surface area contributed by atoms with E-state index < -0.39 is 0 Å². The highest BCUT2D eigenvalue weighted by Gasteiger charge is 2.21. The maximum Gasteiger partial charge on any atom is 0.0467 e. The number of halogens is 2. The van der Waals surface area contributed by atoms with Gasteiger partial charge in [-0.15, -0.1) is 0 Å². The van der Waals surface area contributed by atoms with E-state index in [0.29, 0.717) is 0 Å². The number of nitrogens with two attached hydrogens (primary N) is 1. The molecule has 1 aromatic rings. The lowest BCUT2D eigenvalue weighted by Gasteiger charge is -2.07.